The lowest BCUT2D eigenvalue weighted by Gasteiger charge is -2.27. The van der Waals surface area contributed by atoms with E-state index in [1.54, 1.807) is 12.1 Å². The van der Waals surface area contributed by atoms with E-state index in [0.717, 1.165) is 17.0 Å². The van der Waals surface area contributed by atoms with Crippen LogP contribution < -0.4 is 21.4 Å². The number of urea groups is 1. The molecule has 0 fully saturated rings. The summed E-state index contributed by atoms with van der Waals surface area (Å²) >= 11 is 6.15. The van der Waals surface area contributed by atoms with Gasteiger partial charge in [-0.05, 0) is 54.3 Å². The average Bonchev–Trinajstić information content (AvgIpc) is 3.13. The number of aromatic carboxylic acids is 1. The van der Waals surface area contributed by atoms with E-state index in [4.69, 9.17) is 22.2 Å². The van der Waals surface area contributed by atoms with Crippen LogP contribution >= 0.6 is 11.6 Å². The number of hydrogen-bond acceptors (Lipinski definition) is 8. The third-order valence-corrected chi connectivity index (χ3v) is 7.27. The summed E-state index contributed by atoms with van der Waals surface area (Å²) in [5.41, 5.74) is 9.68. The molecule has 1 aliphatic rings. The maximum absolute atomic E-state index is 13.9. The average molecular weight is 639 g/mol. The quantitative estimate of drug-likeness (QED) is 0.187. The van der Waals surface area contributed by atoms with E-state index in [1.807, 2.05) is 6.92 Å². The summed E-state index contributed by atoms with van der Waals surface area (Å²) < 4.78 is 27.4. The maximum Gasteiger partial charge on any atom is 0.337 e. The second kappa shape index (κ2) is 14.5. The van der Waals surface area contributed by atoms with Crippen LogP contribution in [0.15, 0.2) is 59.6 Å². The molecule has 0 spiro atoms. The van der Waals surface area contributed by atoms with Crippen molar-refractivity contribution >= 4 is 41.0 Å². The molecule has 4 rings (SSSR count). The van der Waals surface area contributed by atoms with E-state index in [9.17, 15) is 33.5 Å². The number of hydrogen-bond donors (Lipinski definition) is 4. The molecule has 3 aromatic rings. The fourth-order valence-corrected chi connectivity index (χ4v) is 5.02. The first kappa shape index (κ1) is 32.7. The molecule has 0 radical (unpaired) electrons. The molecule has 3 aromatic carbocycles. The number of nitrogen functional groups attached to an aromatic ring is 1. The van der Waals surface area contributed by atoms with Gasteiger partial charge in [0.15, 0.2) is 11.6 Å². The predicted molar refractivity (Wildman–Crippen MR) is 161 cm³/mol. The van der Waals surface area contributed by atoms with Gasteiger partial charge in [0.25, 0.3) is 0 Å². The molecular weight excluding hydrogens is 610 g/mol. The molecule has 1 heterocycles. The van der Waals surface area contributed by atoms with Gasteiger partial charge in [0.1, 0.15) is 11.6 Å². The van der Waals surface area contributed by atoms with Crippen LogP contribution in [-0.4, -0.2) is 46.8 Å². The second-order valence-electron chi connectivity index (χ2n) is 10.3. The predicted octanol–water partition coefficient (Wildman–Crippen LogP) is 5.00. The number of hydroxylamine groups is 1. The molecule has 0 aliphatic carbocycles. The number of carbonyl (C=O) groups excluding carboxylic acids is 2. The summed E-state index contributed by atoms with van der Waals surface area (Å²) in [5, 5.41) is 22.1. The second-order valence-corrected chi connectivity index (χ2v) is 10.7. The van der Waals surface area contributed by atoms with Crippen LogP contribution in [-0.2, 0) is 11.2 Å². The Hall–Kier alpha value is -5.22. The van der Waals surface area contributed by atoms with Crippen molar-refractivity contribution in [3.63, 3.8) is 0 Å². The van der Waals surface area contributed by atoms with Gasteiger partial charge in [-0.2, -0.15) is 5.26 Å². The molecular formula is C31H29ClF2N6O5. The minimum Gasteiger partial charge on any atom is -0.478 e. The van der Waals surface area contributed by atoms with Crippen molar-refractivity contribution in [2.45, 2.75) is 32.2 Å². The third-order valence-electron chi connectivity index (χ3n) is 7.03. The Labute approximate surface area is 262 Å². The van der Waals surface area contributed by atoms with Crippen molar-refractivity contribution in [3.8, 4) is 11.8 Å². The fraction of sp³-hybridized carbons (Fsp3) is 0.258. The van der Waals surface area contributed by atoms with Gasteiger partial charge in [0, 0.05) is 28.9 Å². The zero-order chi connectivity index (χ0) is 32.7. The number of nitriles is 1. The van der Waals surface area contributed by atoms with E-state index in [0.29, 0.717) is 40.6 Å². The van der Waals surface area contributed by atoms with Crippen molar-refractivity contribution in [1.82, 2.24) is 15.7 Å². The monoisotopic (exact) mass is 638 g/mol. The summed E-state index contributed by atoms with van der Waals surface area (Å²) in [7, 11) is 0. The number of imide groups is 1. The van der Waals surface area contributed by atoms with E-state index in [1.165, 1.54) is 24.3 Å². The zero-order valence-electron chi connectivity index (χ0n) is 24.0. The molecule has 3 amide bonds. The van der Waals surface area contributed by atoms with Crippen molar-refractivity contribution < 1.29 is 33.1 Å². The standard InChI is InChI=1S/C31H29ClF2N6O5/c1-2-3-27(17-5-7-25(30(42)43)26(36)10-17)38-31(44)40-16-28(39-45-24-12-22(33)11-23(34)13-24)37-15-20(29(40)41)8-19-9-21(32)6-4-18(19)14-35/h4-7,9-13,20,27H,2-3,8,15-16,36H2,1H3,(H,37,39)(H,38,44)(H,42,43)/t20-,27-/m1/s1. The number of carbonyl (C=O) groups is 3. The lowest BCUT2D eigenvalue weighted by Crippen LogP contribution is -2.50. The smallest absolute Gasteiger partial charge is 0.337 e. The number of anilines is 1. The Kier molecular flexibility index (Phi) is 10.5. The molecule has 2 atom stereocenters. The molecule has 14 heteroatoms. The number of aliphatic imine (C=N–C) groups is 1. The van der Waals surface area contributed by atoms with Gasteiger partial charge in [-0.15, -0.1) is 0 Å². The lowest BCUT2D eigenvalue weighted by atomic mass is 9.95. The molecule has 0 saturated carbocycles. The topological polar surface area (TPSA) is 170 Å². The van der Waals surface area contributed by atoms with Gasteiger partial charge in [-0.3, -0.25) is 14.7 Å². The number of nitrogens with zero attached hydrogens (tertiary/aromatic N) is 3. The summed E-state index contributed by atoms with van der Waals surface area (Å²) in [5.74, 6) is -4.65. The Morgan fingerprint density at radius 2 is 1.93 bits per heavy atom. The molecule has 234 valence electrons. The van der Waals surface area contributed by atoms with Gasteiger partial charge in [-0.25, -0.2) is 23.9 Å². The number of rotatable bonds is 9. The number of carboxylic acid groups (broad SMARTS) is 1. The highest BCUT2D eigenvalue weighted by molar-refractivity contribution is 6.30. The highest BCUT2D eigenvalue weighted by Crippen LogP contribution is 2.25. The van der Waals surface area contributed by atoms with Crippen molar-refractivity contribution in [1.29, 1.82) is 5.26 Å². The minimum absolute atomic E-state index is 0.0133. The van der Waals surface area contributed by atoms with Crippen molar-refractivity contribution in [2.24, 2.45) is 10.9 Å². The Morgan fingerprint density at radius 3 is 2.58 bits per heavy atom. The first-order valence-electron chi connectivity index (χ1n) is 13.8. The van der Waals surface area contributed by atoms with E-state index in [-0.39, 0.29) is 35.8 Å². The fourth-order valence-electron chi connectivity index (χ4n) is 4.83. The van der Waals surface area contributed by atoms with Gasteiger partial charge < -0.3 is 21.0 Å². The Bertz CT molecular complexity index is 1680. The van der Waals surface area contributed by atoms with Crippen LogP contribution in [0.5, 0.6) is 5.75 Å². The number of amides is 3. The number of nitrogens with one attached hydrogen (secondary N) is 2. The zero-order valence-corrected chi connectivity index (χ0v) is 24.8. The van der Waals surface area contributed by atoms with Crippen LogP contribution in [0.3, 0.4) is 0 Å². The molecule has 0 unspecified atom stereocenters. The SMILES string of the molecule is CCC[C@@H](NC(=O)N1CC(NOc2cc(F)cc(F)c2)=NC[C@@H](Cc2cc(Cl)ccc2C#N)C1=O)c1ccc(C(=O)O)c(N)c1. The molecule has 0 saturated heterocycles. The Balaban J connectivity index is 1.63. The number of amidine groups is 1. The van der Waals surface area contributed by atoms with Crippen molar-refractivity contribution in [2.75, 3.05) is 18.8 Å². The number of carboxylic acids is 1. The van der Waals surface area contributed by atoms with Crippen LogP contribution in [0, 0.1) is 28.9 Å². The lowest BCUT2D eigenvalue weighted by molar-refractivity contribution is -0.131. The number of nitrogens with two attached hydrogens (primary N) is 1. The summed E-state index contributed by atoms with van der Waals surface area (Å²) in [6.07, 6.45) is 1.09. The van der Waals surface area contributed by atoms with Crippen LogP contribution in [0.4, 0.5) is 19.3 Å². The Morgan fingerprint density at radius 1 is 1.20 bits per heavy atom. The number of halogens is 3. The summed E-state index contributed by atoms with van der Waals surface area (Å²) in [4.78, 5) is 49.7. The van der Waals surface area contributed by atoms with E-state index < -0.39 is 48.0 Å². The van der Waals surface area contributed by atoms with Gasteiger partial charge in [0.05, 0.1) is 42.2 Å². The van der Waals surface area contributed by atoms with Gasteiger partial charge >= 0.3 is 12.0 Å². The molecule has 11 nitrogen and oxygen atoms in total. The first-order valence-corrected chi connectivity index (χ1v) is 14.2. The van der Waals surface area contributed by atoms with Crippen molar-refractivity contribution in [3.05, 3.63) is 93.5 Å². The highest BCUT2D eigenvalue weighted by Gasteiger charge is 2.34. The molecule has 5 N–H and O–H groups in total. The normalized spacial score (nSPS) is 15.4. The molecule has 45 heavy (non-hydrogen) atoms. The molecule has 1 aliphatic heterocycles. The third kappa shape index (κ3) is 8.24. The van der Waals surface area contributed by atoms with Gasteiger partial charge in [-0.1, -0.05) is 31.0 Å². The first-order chi connectivity index (χ1) is 21.5. The van der Waals surface area contributed by atoms with Crippen LogP contribution in [0.1, 0.15) is 52.9 Å². The minimum atomic E-state index is -1.20. The van der Waals surface area contributed by atoms with Crippen LogP contribution in [0.2, 0.25) is 5.02 Å². The number of benzene rings is 3. The molecule has 0 aromatic heterocycles. The summed E-state index contributed by atoms with van der Waals surface area (Å²) in [6.45, 7) is 1.38. The molecule has 0 bridgehead atoms. The van der Waals surface area contributed by atoms with E-state index >= 15 is 0 Å². The highest BCUT2D eigenvalue weighted by atomic mass is 35.5. The maximum atomic E-state index is 13.9. The van der Waals surface area contributed by atoms with Gasteiger partial charge in [0.2, 0.25) is 5.91 Å². The van der Waals surface area contributed by atoms with Crippen LogP contribution in [0.25, 0.3) is 0 Å². The summed E-state index contributed by atoms with van der Waals surface area (Å²) in [6, 6.07) is 12.2. The van der Waals surface area contributed by atoms with E-state index in [2.05, 4.69) is 21.9 Å². The largest absolute Gasteiger partial charge is 0.478 e.